The van der Waals surface area contributed by atoms with E-state index in [9.17, 15) is 0 Å². The molecule has 0 aliphatic carbocycles. The SMILES string of the molecule is O.O=[N+]([O-])[O-].O=[N+]([O-])[O-].O=[N+]([O-])[O-].[Nd+3]. The molecule has 0 atom stereocenters. The van der Waals surface area contributed by atoms with Crippen LogP contribution in [0.3, 0.4) is 0 Å². The summed E-state index contributed by atoms with van der Waals surface area (Å²) in [4.78, 5) is 24.8. The summed E-state index contributed by atoms with van der Waals surface area (Å²) in [6.45, 7) is 0. The Labute approximate surface area is 107 Å². The molecule has 0 saturated heterocycles. The molecule has 0 rings (SSSR count). The molecule has 0 aliphatic heterocycles. The summed E-state index contributed by atoms with van der Waals surface area (Å²) < 4.78 is 0. The van der Waals surface area contributed by atoms with Crippen molar-refractivity contribution in [2.45, 2.75) is 0 Å². The van der Waals surface area contributed by atoms with Crippen LogP contribution < -0.4 is 0 Å². The molecule has 0 unspecified atom stereocenters. The molecule has 14 heteroatoms. The van der Waals surface area contributed by atoms with Crippen LogP contribution in [0.25, 0.3) is 0 Å². The predicted molar refractivity (Wildman–Crippen MR) is 34.7 cm³/mol. The van der Waals surface area contributed by atoms with Crippen molar-refractivity contribution < 1.29 is 61.6 Å². The first kappa shape index (κ1) is 29.3. The minimum atomic E-state index is -1.75. The van der Waals surface area contributed by atoms with Gasteiger partial charge in [0.25, 0.3) is 0 Å². The predicted octanol–water partition coefficient (Wildman–Crippen LogP) is -1.54. The maximum atomic E-state index is 8.25. The summed E-state index contributed by atoms with van der Waals surface area (Å²) >= 11 is 0. The molecule has 13 nitrogen and oxygen atoms in total. The van der Waals surface area contributed by atoms with Gasteiger partial charge in [-0.15, -0.1) is 0 Å². The average molecular weight is 348 g/mol. The van der Waals surface area contributed by atoms with Gasteiger partial charge in [-0.05, 0) is 0 Å². The van der Waals surface area contributed by atoms with Crippen molar-refractivity contribution in [1.82, 2.24) is 0 Å². The van der Waals surface area contributed by atoms with E-state index >= 15 is 0 Å². The Kier molecular flexibility index (Phi) is 47.4. The van der Waals surface area contributed by atoms with Crippen LogP contribution in [0.15, 0.2) is 0 Å². The molecule has 1 radical (unpaired) electrons. The first-order valence-corrected chi connectivity index (χ1v) is 1.64. The molecule has 0 aromatic heterocycles. The molecule has 0 amide bonds. The zero-order valence-corrected chi connectivity index (χ0v) is 9.22. The van der Waals surface area contributed by atoms with Crippen LogP contribution in [0.5, 0.6) is 0 Å². The van der Waals surface area contributed by atoms with Gasteiger partial charge in [-0.3, -0.25) is 0 Å². The Morgan fingerprint density at radius 1 is 0.571 bits per heavy atom. The van der Waals surface area contributed by atoms with Crippen molar-refractivity contribution in [3.05, 3.63) is 46.0 Å². The molecule has 0 fully saturated rings. The molecule has 81 valence electrons. The molecule has 2 N–H and O–H groups in total. The van der Waals surface area contributed by atoms with Crippen LogP contribution in [0.4, 0.5) is 0 Å². The molecular formula is H2N3NdO10. The Bertz CT molecular complexity index is 113. The second-order valence-electron chi connectivity index (χ2n) is 0.671. The van der Waals surface area contributed by atoms with E-state index in [1.807, 2.05) is 0 Å². The van der Waals surface area contributed by atoms with Crippen molar-refractivity contribution in [2.75, 3.05) is 0 Å². The van der Waals surface area contributed by atoms with Gasteiger partial charge in [0, 0.05) is 0 Å². The molecule has 0 saturated carbocycles. The molecule has 0 aliphatic rings. The second kappa shape index (κ2) is 22.7. The smallest absolute Gasteiger partial charge is 0.412 e. The van der Waals surface area contributed by atoms with E-state index in [2.05, 4.69) is 0 Å². The zero-order valence-electron chi connectivity index (χ0n) is 6.02. The third-order valence-corrected chi connectivity index (χ3v) is 0. The van der Waals surface area contributed by atoms with Gasteiger partial charge in [-0.1, -0.05) is 0 Å². The van der Waals surface area contributed by atoms with Crippen LogP contribution in [0, 0.1) is 86.8 Å². The van der Waals surface area contributed by atoms with Gasteiger partial charge in [-0.25, -0.2) is 0 Å². The minimum absolute atomic E-state index is 0. The summed E-state index contributed by atoms with van der Waals surface area (Å²) in [5.74, 6) is 0. The number of nitrogens with zero attached hydrogens (tertiary/aromatic N) is 3. The summed E-state index contributed by atoms with van der Waals surface area (Å²) in [5.41, 5.74) is 0. The van der Waals surface area contributed by atoms with E-state index in [1.54, 1.807) is 0 Å². The van der Waals surface area contributed by atoms with E-state index in [0.29, 0.717) is 0 Å². The van der Waals surface area contributed by atoms with Gasteiger partial charge < -0.3 is 51.4 Å². The quantitative estimate of drug-likeness (QED) is 0.363. The van der Waals surface area contributed by atoms with E-state index in [4.69, 9.17) is 46.0 Å². The number of hydrogen-bond donors (Lipinski definition) is 0. The van der Waals surface area contributed by atoms with Crippen LogP contribution in [-0.4, -0.2) is 20.7 Å². The summed E-state index contributed by atoms with van der Waals surface area (Å²) in [7, 11) is 0. The molecule has 0 aromatic carbocycles. The van der Waals surface area contributed by atoms with E-state index in [1.165, 1.54) is 0 Å². The van der Waals surface area contributed by atoms with Crippen molar-refractivity contribution >= 4 is 0 Å². The van der Waals surface area contributed by atoms with E-state index in [0.717, 1.165) is 0 Å². The van der Waals surface area contributed by atoms with Crippen LogP contribution in [-0.2, 0) is 0 Å². The largest absolute Gasteiger partial charge is 3.00 e. The van der Waals surface area contributed by atoms with E-state index < -0.39 is 15.3 Å². The normalized spacial score (nSPS) is 5.14. The standard InChI is InChI=1S/3NO3.Nd.H2O/c3*2-1(3)4;;/h;;;;1H2/q3*-1;+3;. The summed E-state index contributed by atoms with van der Waals surface area (Å²) in [6.07, 6.45) is 0. The van der Waals surface area contributed by atoms with Gasteiger partial charge in [0.05, 0.1) is 15.3 Å². The molecule has 0 bridgehead atoms. The van der Waals surface area contributed by atoms with Crippen molar-refractivity contribution in [3.8, 4) is 0 Å². The zero-order chi connectivity index (χ0) is 10.7. The van der Waals surface area contributed by atoms with Crippen molar-refractivity contribution in [2.24, 2.45) is 0 Å². The van der Waals surface area contributed by atoms with Gasteiger partial charge in [0.1, 0.15) is 0 Å². The van der Waals surface area contributed by atoms with Crippen LogP contribution in [0.2, 0.25) is 0 Å². The van der Waals surface area contributed by atoms with Gasteiger partial charge in [0.15, 0.2) is 0 Å². The summed E-state index contributed by atoms with van der Waals surface area (Å²) in [6, 6.07) is 0. The maximum absolute atomic E-state index is 8.25. The van der Waals surface area contributed by atoms with E-state index in [-0.39, 0.29) is 46.3 Å². The molecular weight excluding hydrogens is 346 g/mol. The molecule has 14 heavy (non-hydrogen) atoms. The maximum Gasteiger partial charge on any atom is 3.00 e. The van der Waals surface area contributed by atoms with Gasteiger partial charge in [0.2, 0.25) is 0 Å². The Morgan fingerprint density at radius 3 is 0.571 bits per heavy atom. The first-order chi connectivity index (χ1) is 5.20. The Balaban J connectivity index is -0.0000000270. The monoisotopic (exact) mass is 346 g/mol. The fourth-order valence-corrected chi connectivity index (χ4v) is 0. The minimum Gasteiger partial charge on any atom is -0.412 e. The summed E-state index contributed by atoms with van der Waals surface area (Å²) in [5, 5.41) is 44.2. The topological polar surface area (TPSA) is 230 Å². The Morgan fingerprint density at radius 2 is 0.571 bits per heavy atom. The fourth-order valence-electron chi connectivity index (χ4n) is 0. The van der Waals surface area contributed by atoms with Gasteiger partial charge in [-0.2, -0.15) is 0 Å². The van der Waals surface area contributed by atoms with Crippen molar-refractivity contribution in [1.29, 1.82) is 0 Å². The number of hydrogen-bond acceptors (Lipinski definition) is 9. The van der Waals surface area contributed by atoms with Crippen molar-refractivity contribution in [3.63, 3.8) is 0 Å². The third kappa shape index (κ3) is 903. The molecule has 0 spiro atoms. The third-order valence-electron chi connectivity index (χ3n) is 0. The van der Waals surface area contributed by atoms with Gasteiger partial charge >= 0.3 is 40.8 Å². The molecule has 0 heterocycles. The second-order valence-corrected chi connectivity index (χ2v) is 0.671. The van der Waals surface area contributed by atoms with Crippen LogP contribution in [0.1, 0.15) is 0 Å². The first-order valence-electron chi connectivity index (χ1n) is 1.64. The fraction of sp³-hybridized carbons (Fsp3) is 0. The van der Waals surface area contributed by atoms with Crippen LogP contribution >= 0.6 is 0 Å². The number of rotatable bonds is 0. The Hall–Kier alpha value is -1.09. The molecule has 0 aromatic rings. The average Bonchev–Trinajstić information content (AvgIpc) is 1.54.